The molecule has 2 aromatic carbocycles. The Morgan fingerprint density at radius 2 is 1.74 bits per heavy atom. The van der Waals surface area contributed by atoms with Gasteiger partial charge >= 0.3 is 0 Å². The predicted molar refractivity (Wildman–Crippen MR) is 126 cm³/mol. The Morgan fingerprint density at radius 3 is 2.52 bits per heavy atom. The highest BCUT2D eigenvalue weighted by molar-refractivity contribution is 7.59. The van der Waals surface area contributed by atoms with Crippen LogP contribution in [0.15, 0.2) is 36.4 Å². The van der Waals surface area contributed by atoms with Gasteiger partial charge in [0.05, 0.1) is 19.3 Å². The fraction of sp³-hybridized carbons (Fsp3) is 0.409. The van der Waals surface area contributed by atoms with Crippen molar-refractivity contribution in [2.75, 3.05) is 51.0 Å². The van der Waals surface area contributed by atoms with Crippen molar-refractivity contribution in [1.29, 1.82) is 0 Å². The highest BCUT2D eigenvalue weighted by Gasteiger charge is 2.57. The lowest BCUT2D eigenvalue weighted by atomic mass is 9.77. The Hall–Kier alpha value is -2.07. The lowest BCUT2D eigenvalue weighted by molar-refractivity contribution is -0.122. The van der Waals surface area contributed by atoms with Crippen LogP contribution < -0.4 is 24.4 Å². The molecule has 1 N–H and O–H groups in total. The van der Waals surface area contributed by atoms with Crippen LogP contribution in [-0.2, 0) is 14.9 Å². The maximum atomic E-state index is 13.9. The summed E-state index contributed by atoms with van der Waals surface area (Å²) in [5.74, 6) is 2.06. The van der Waals surface area contributed by atoms with Gasteiger partial charge in [0, 0.05) is 30.4 Å². The van der Waals surface area contributed by atoms with E-state index in [2.05, 4.69) is 5.32 Å². The zero-order chi connectivity index (χ0) is 19.4. The van der Waals surface area contributed by atoms with Gasteiger partial charge in [0.25, 0.3) is 0 Å². The van der Waals surface area contributed by atoms with Crippen LogP contribution in [0.3, 0.4) is 0 Å². The van der Waals surface area contributed by atoms with Crippen LogP contribution in [0.25, 0.3) is 0 Å². The molecule has 4 aliphatic rings. The molecule has 4 heterocycles. The van der Waals surface area contributed by atoms with Crippen LogP contribution in [0, 0.1) is 0 Å². The standard InChI is InChI=1S/C22H22N2O5.2H2S/c25-21-22(13-29-18-10-20-19(9-16(18)22)27-7-8-28-20)15-3-1-2-4-17(15)24(21)12-14-11-23-5-6-26-14;;/h1-4,9-10,14,23H,5-8,11-13H2;2*1H2/t14-,22-;;/m0../s1. The molecule has 166 valence electrons. The summed E-state index contributed by atoms with van der Waals surface area (Å²) in [5, 5.41) is 3.34. The zero-order valence-electron chi connectivity index (χ0n) is 17.0. The maximum Gasteiger partial charge on any atom is 0.245 e. The minimum atomic E-state index is -0.857. The van der Waals surface area contributed by atoms with Gasteiger partial charge in [-0.1, -0.05) is 18.2 Å². The average Bonchev–Trinajstić information content (AvgIpc) is 3.25. The minimum Gasteiger partial charge on any atom is -0.491 e. The molecule has 6 rings (SSSR count). The van der Waals surface area contributed by atoms with Crippen LogP contribution in [-0.4, -0.2) is 58.1 Å². The van der Waals surface area contributed by atoms with Crippen molar-refractivity contribution in [2.45, 2.75) is 11.5 Å². The number of amides is 1. The van der Waals surface area contributed by atoms with E-state index in [0.29, 0.717) is 43.6 Å². The molecule has 1 fully saturated rings. The zero-order valence-corrected chi connectivity index (χ0v) is 19.0. The number of carbonyl (C=O) groups is 1. The molecule has 7 nitrogen and oxygen atoms in total. The third kappa shape index (κ3) is 3.26. The Kier molecular flexibility index (Phi) is 6.04. The van der Waals surface area contributed by atoms with Crippen molar-refractivity contribution in [3.8, 4) is 17.2 Å². The van der Waals surface area contributed by atoms with Gasteiger partial charge in [-0.3, -0.25) is 4.79 Å². The molecule has 0 saturated carbocycles. The summed E-state index contributed by atoms with van der Waals surface area (Å²) in [4.78, 5) is 15.8. The number of fused-ring (bicyclic) bond motifs is 5. The molecular weight excluding hydrogens is 436 g/mol. The van der Waals surface area contributed by atoms with E-state index in [1.165, 1.54) is 0 Å². The first kappa shape index (κ1) is 22.1. The molecule has 4 aliphatic heterocycles. The van der Waals surface area contributed by atoms with Gasteiger partial charge in [-0.25, -0.2) is 0 Å². The molecule has 2 atom stereocenters. The molecular formula is C22H26N2O5S2. The number of ether oxygens (including phenoxy) is 4. The molecule has 0 aliphatic carbocycles. The van der Waals surface area contributed by atoms with Crippen LogP contribution in [0.2, 0.25) is 0 Å². The van der Waals surface area contributed by atoms with E-state index in [1.54, 1.807) is 0 Å². The molecule has 31 heavy (non-hydrogen) atoms. The summed E-state index contributed by atoms with van der Waals surface area (Å²) in [7, 11) is 0. The lowest BCUT2D eigenvalue weighted by Crippen LogP contribution is -2.49. The molecule has 1 amide bonds. The molecule has 2 aromatic rings. The molecule has 9 heteroatoms. The summed E-state index contributed by atoms with van der Waals surface area (Å²) < 4.78 is 23.4. The summed E-state index contributed by atoms with van der Waals surface area (Å²) in [6, 6.07) is 11.8. The SMILES string of the molecule is O=C1N(C[C@@H]2CNCCO2)c2ccccc2[C@]12COc1cc3c(cc12)OCCO3.S.S. The van der Waals surface area contributed by atoms with E-state index in [-0.39, 0.29) is 45.6 Å². The van der Waals surface area contributed by atoms with Crippen molar-refractivity contribution >= 4 is 38.6 Å². The quantitative estimate of drug-likeness (QED) is 0.733. The van der Waals surface area contributed by atoms with E-state index < -0.39 is 5.41 Å². The Bertz CT molecular complexity index is 998. The van der Waals surface area contributed by atoms with Crippen LogP contribution >= 0.6 is 27.0 Å². The topological polar surface area (TPSA) is 69.3 Å². The molecule has 1 spiro atoms. The van der Waals surface area contributed by atoms with Crippen molar-refractivity contribution in [1.82, 2.24) is 5.32 Å². The van der Waals surface area contributed by atoms with Crippen molar-refractivity contribution in [2.24, 2.45) is 0 Å². The van der Waals surface area contributed by atoms with Gasteiger partial charge in [-0.2, -0.15) is 27.0 Å². The predicted octanol–water partition coefficient (Wildman–Crippen LogP) is 1.70. The number of nitrogens with one attached hydrogen (secondary N) is 1. The maximum absolute atomic E-state index is 13.9. The van der Waals surface area contributed by atoms with Gasteiger partial charge < -0.3 is 29.2 Å². The summed E-state index contributed by atoms with van der Waals surface area (Å²) in [5.41, 5.74) is 1.90. The van der Waals surface area contributed by atoms with Crippen molar-refractivity contribution in [3.05, 3.63) is 47.5 Å². The summed E-state index contributed by atoms with van der Waals surface area (Å²) in [6.45, 7) is 4.06. The Morgan fingerprint density at radius 1 is 0.968 bits per heavy atom. The minimum absolute atomic E-state index is 0. The highest BCUT2D eigenvalue weighted by atomic mass is 32.1. The van der Waals surface area contributed by atoms with Gasteiger partial charge in [0.15, 0.2) is 11.5 Å². The number of anilines is 1. The van der Waals surface area contributed by atoms with Crippen LogP contribution in [0.5, 0.6) is 17.2 Å². The van der Waals surface area contributed by atoms with E-state index >= 15 is 0 Å². The highest BCUT2D eigenvalue weighted by Crippen LogP contribution is 2.54. The largest absolute Gasteiger partial charge is 0.491 e. The van der Waals surface area contributed by atoms with Crippen LogP contribution in [0.1, 0.15) is 11.1 Å². The van der Waals surface area contributed by atoms with Gasteiger partial charge in [-0.15, -0.1) is 0 Å². The molecule has 0 unspecified atom stereocenters. The smallest absolute Gasteiger partial charge is 0.245 e. The van der Waals surface area contributed by atoms with Gasteiger partial charge in [0.2, 0.25) is 5.91 Å². The van der Waals surface area contributed by atoms with Gasteiger partial charge in [0.1, 0.15) is 31.0 Å². The van der Waals surface area contributed by atoms with E-state index in [0.717, 1.165) is 29.9 Å². The molecule has 0 bridgehead atoms. The molecule has 1 saturated heterocycles. The van der Waals surface area contributed by atoms with Crippen molar-refractivity contribution in [3.63, 3.8) is 0 Å². The second-order valence-electron chi connectivity index (χ2n) is 7.82. The Labute approximate surface area is 194 Å². The first-order chi connectivity index (χ1) is 14.3. The first-order valence-electron chi connectivity index (χ1n) is 10.1. The monoisotopic (exact) mass is 462 g/mol. The number of para-hydroxylation sites is 1. The first-order valence-corrected chi connectivity index (χ1v) is 10.1. The Balaban J connectivity index is 0.00000116. The third-order valence-corrected chi connectivity index (χ3v) is 6.20. The normalized spacial score (nSPS) is 25.2. The number of morpholine rings is 1. The molecule has 0 aromatic heterocycles. The second-order valence-corrected chi connectivity index (χ2v) is 7.82. The molecule has 0 radical (unpaired) electrons. The van der Waals surface area contributed by atoms with E-state index in [4.69, 9.17) is 18.9 Å². The van der Waals surface area contributed by atoms with Crippen molar-refractivity contribution < 1.29 is 23.7 Å². The van der Waals surface area contributed by atoms with E-state index in [1.807, 2.05) is 41.3 Å². The number of benzene rings is 2. The number of nitrogens with zero attached hydrogens (tertiary/aromatic N) is 1. The summed E-state index contributed by atoms with van der Waals surface area (Å²) in [6.07, 6.45) is -0.0297. The third-order valence-electron chi connectivity index (χ3n) is 6.20. The fourth-order valence-electron chi connectivity index (χ4n) is 4.83. The number of hydrogen-bond donors (Lipinski definition) is 1. The van der Waals surface area contributed by atoms with Crippen LogP contribution in [0.4, 0.5) is 5.69 Å². The van der Waals surface area contributed by atoms with Gasteiger partial charge in [-0.05, 0) is 17.7 Å². The summed E-state index contributed by atoms with van der Waals surface area (Å²) >= 11 is 0. The lowest BCUT2D eigenvalue weighted by Gasteiger charge is -2.29. The number of rotatable bonds is 2. The number of hydrogen-bond acceptors (Lipinski definition) is 6. The fourth-order valence-corrected chi connectivity index (χ4v) is 4.83. The second kappa shape index (κ2) is 8.46. The van der Waals surface area contributed by atoms with E-state index in [9.17, 15) is 4.79 Å². The number of carbonyl (C=O) groups excluding carboxylic acids is 1. The average molecular weight is 463 g/mol.